The van der Waals surface area contributed by atoms with E-state index in [2.05, 4.69) is 9.88 Å². The fourth-order valence-corrected chi connectivity index (χ4v) is 2.76. The Morgan fingerprint density at radius 1 is 1.22 bits per heavy atom. The van der Waals surface area contributed by atoms with Crippen LogP contribution in [0.15, 0.2) is 30.3 Å². The third-order valence-corrected chi connectivity index (χ3v) is 3.99. The zero-order valence-electron chi connectivity index (χ0n) is 13.2. The van der Waals surface area contributed by atoms with Crippen LogP contribution in [0.4, 0.5) is 9.18 Å². The van der Waals surface area contributed by atoms with Crippen molar-refractivity contribution in [3.8, 4) is 0 Å². The summed E-state index contributed by atoms with van der Waals surface area (Å²) >= 11 is 0. The highest BCUT2D eigenvalue weighted by Gasteiger charge is 2.22. The summed E-state index contributed by atoms with van der Waals surface area (Å²) in [4.78, 5) is 20.2. The van der Waals surface area contributed by atoms with Gasteiger partial charge >= 0.3 is 6.09 Å². The Bertz CT molecular complexity index is 699. The maximum absolute atomic E-state index is 13.2. The molecule has 0 N–H and O–H groups in total. The van der Waals surface area contributed by atoms with Crippen LogP contribution in [0, 0.1) is 5.82 Å². The molecule has 1 aromatic carbocycles. The Balaban J connectivity index is 1.60. The van der Waals surface area contributed by atoms with Gasteiger partial charge in [0, 0.05) is 38.1 Å². The standard InChI is InChI=1S/C17H20FN3O2/c1-2-23-17(22)21-9-7-20(8-10-21)12-15-5-3-13-11-14(18)4-6-16(13)19-15/h3-6,11H,2,7-10,12H2,1H3. The van der Waals surface area contributed by atoms with Crippen LogP contribution in [-0.2, 0) is 11.3 Å². The molecule has 6 heteroatoms. The number of rotatable bonds is 3. The van der Waals surface area contributed by atoms with Crippen molar-refractivity contribution in [3.63, 3.8) is 0 Å². The molecule has 1 aromatic heterocycles. The molecule has 0 unspecified atom stereocenters. The molecule has 23 heavy (non-hydrogen) atoms. The van der Waals surface area contributed by atoms with Crippen LogP contribution >= 0.6 is 0 Å². The number of hydrogen-bond acceptors (Lipinski definition) is 4. The Kier molecular flexibility index (Phi) is 4.71. The number of benzene rings is 1. The van der Waals surface area contributed by atoms with E-state index in [1.165, 1.54) is 12.1 Å². The van der Waals surface area contributed by atoms with Crippen molar-refractivity contribution in [2.45, 2.75) is 13.5 Å². The van der Waals surface area contributed by atoms with Gasteiger partial charge in [-0.3, -0.25) is 9.88 Å². The number of amides is 1. The smallest absolute Gasteiger partial charge is 0.409 e. The van der Waals surface area contributed by atoms with Gasteiger partial charge in [0.05, 0.1) is 17.8 Å². The summed E-state index contributed by atoms with van der Waals surface area (Å²) in [6, 6.07) is 8.45. The maximum atomic E-state index is 13.2. The average molecular weight is 317 g/mol. The summed E-state index contributed by atoms with van der Waals surface area (Å²) in [6.07, 6.45) is -0.238. The molecular weight excluding hydrogens is 297 g/mol. The Labute approximate surface area is 134 Å². The fourth-order valence-electron chi connectivity index (χ4n) is 2.76. The lowest BCUT2D eigenvalue weighted by atomic mass is 10.2. The highest BCUT2D eigenvalue weighted by Crippen LogP contribution is 2.16. The molecule has 0 radical (unpaired) electrons. The Morgan fingerprint density at radius 3 is 2.74 bits per heavy atom. The summed E-state index contributed by atoms with van der Waals surface area (Å²) in [7, 11) is 0. The molecule has 3 rings (SSSR count). The highest BCUT2D eigenvalue weighted by molar-refractivity contribution is 5.78. The number of carbonyl (C=O) groups is 1. The van der Waals surface area contributed by atoms with Crippen LogP contribution in [0.2, 0.25) is 0 Å². The van der Waals surface area contributed by atoms with Crippen molar-refractivity contribution >= 4 is 17.0 Å². The third-order valence-electron chi connectivity index (χ3n) is 3.99. The zero-order valence-corrected chi connectivity index (χ0v) is 13.2. The lowest BCUT2D eigenvalue weighted by Crippen LogP contribution is -2.48. The maximum Gasteiger partial charge on any atom is 0.409 e. The van der Waals surface area contributed by atoms with E-state index in [0.717, 1.165) is 36.2 Å². The van der Waals surface area contributed by atoms with E-state index in [-0.39, 0.29) is 11.9 Å². The van der Waals surface area contributed by atoms with Gasteiger partial charge in [-0.2, -0.15) is 0 Å². The molecule has 2 heterocycles. The van der Waals surface area contributed by atoms with Gasteiger partial charge in [-0.15, -0.1) is 0 Å². The molecule has 1 amide bonds. The molecule has 1 aliphatic heterocycles. The first-order chi connectivity index (χ1) is 11.2. The van der Waals surface area contributed by atoms with Gasteiger partial charge in [-0.05, 0) is 31.2 Å². The van der Waals surface area contributed by atoms with Crippen molar-refractivity contribution in [1.82, 2.24) is 14.8 Å². The molecule has 1 fully saturated rings. The van der Waals surface area contributed by atoms with Gasteiger partial charge in [0.2, 0.25) is 0 Å². The molecule has 122 valence electrons. The zero-order chi connectivity index (χ0) is 16.2. The summed E-state index contributed by atoms with van der Waals surface area (Å²) in [5, 5.41) is 0.806. The number of carbonyl (C=O) groups excluding carboxylic acids is 1. The van der Waals surface area contributed by atoms with E-state index in [0.29, 0.717) is 19.7 Å². The van der Waals surface area contributed by atoms with Crippen LogP contribution in [0.25, 0.3) is 10.9 Å². The first kappa shape index (κ1) is 15.7. The molecule has 2 aromatic rings. The minimum Gasteiger partial charge on any atom is -0.450 e. The first-order valence-electron chi connectivity index (χ1n) is 7.85. The number of fused-ring (bicyclic) bond motifs is 1. The fraction of sp³-hybridized carbons (Fsp3) is 0.412. The number of pyridine rings is 1. The lowest BCUT2D eigenvalue weighted by molar-refractivity contribution is 0.0775. The van der Waals surface area contributed by atoms with E-state index in [9.17, 15) is 9.18 Å². The number of halogens is 1. The van der Waals surface area contributed by atoms with Crippen LogP contribution in [-0.4, -0.2) is 53.7 Å². The van der Waals surface area contributed by atoms with Gasteiger partial charge in [-0.25, -0.2) is 9.18 Å². The predicted molar refractivity (Wildman–Crippen MR) is 85.6 cm³/mol. The van der Waals surface area contributed by atoms with Crippen LogP contribution in [0.3, 0.4) is 0 Å². The van der Waals surface area contributed by atoms with Crippen LogP contribution in [0.1, 0.15) is 12.6 Å². The first-order valence-corrected chi connectivity index (χ1v) is 7.85. The van der Waals surface area contributed by atoms with Crippen molar-refractivity contribution in [3.05, 3.63) is 41.8 Å². The molecule has 0 saturated carbocycles. The topological polar surface area (TPSA) is 45.7 Å². The summed E-state index contributed by atoms with van der Waals surface area (Å²) in [5.41, 5.74) is 1.75. The monoisotopic (exact) mass is 317 g/mol. The van der Waals surface area contributed by atoms with Crippen molar-refractivity contribution < 1.29 is 13.9 Å². The van der Waals surface area contributed by atoms with Gasteiger partial charge in [-0.1, -0.05) is 6.07 Å². The van der Waals surface area contributed by atoms with Crippen molar-refractivity contribution in [1.29, 1.82) is 0 Å². The van der Waals surface area contributed by atoms with E-state index in [1.54, 1.807) is 11.0 Å². The molecular formula is C17H20FN3O2. The van der Waals surface area contributed by atoms with Gasteiger partial charge in [0.15, 0.2) is 0 Å². The molecule has 0 bridgehead atoms. The number of piperazine rings is 1. The summed E-state index contributed by atoms with van der Waals surface area (Å²) in [6.45, 7) is 5.86. The molecule has 5 nitrogen and oxygen atoms in total. The third kappa shape index (κ3) is 3.76. The Morgan fingerprint density at radius 2 is 2.00 bits per heavy atom. The number of ether oxygens (including phenoxy) is 1. The van der Waals surface area contributed by atoms with Crippen molar-refractivity contribution in [2.75, 3.05) is 32.8 Å². The van der Waals surface area contributed by atoms with E-state index >= 15 is 0 Å². The van der Waals surface area contributed by atoms with E-state index in [4.69, 9.17) is 4.74 Å². The minimum atomic E-state index is -0.248. The number of nitrogens with zero attached hydrogens (tertiary/aromatic N) is 3. The van der Waals surface area contributed by atoms with Gasteiger partial charge in [0.25, 0.3) is 0 Å². The lowest BCUT2D eigenvalue weighted by Gasteiger charge is -2.33. The quantitative estimate of drug-likeness (QED) is 0.873. The molecule has 0 atom stereocenters. The Hall–Kier alpha value is -2.21. The summed E-state index contributed by atoms with van der Waals surface area (Å²) < 4.78 is 18.2. The van der Waals surface area contributed by atoms with Gasteiger partial charge in [0.1, 0.15) is 5.82 Å². The normalized spacial score (nSPS) is 15.8. The molecule has 0 spiro atoms. The SMILES string of the molecule is CCOC(=O)N1CCN(Cc2ccc3cc(F)ccc3n2)CC1. The van der Waals surface area contributed by atoms with E-state index in [1.807, 2.05) is 19.1 Å². The second-order valence-electron chi connectivity index (χ2n) is 5.60. The molecule has 1 aliphatic rings. The van der Waals surface area contributed by atoms with Crippen LogP contribution in [0.5, 0.6) is 0 Å². The second-order valence-corrected chi connectivity index (χ2v) is 5.60. The largest absolute Gasteiger partial charge is 0.450 e. The average Bonchev–Trinajstić information content (AvgIpc) is 2.56. The highest BCUT2D eigenvalue weighted by atomic mass is 19.1. The minimum absolute atomic E-state index is 0.238. The number of hydrogen-bond donors (Lipinski definition) is 0. The molecule has 1 saturated heterocycles. The summed E-state index contributed by atoms with van der Waals surface area (Å²) in [5.74, 6) is -0.248. The predicted octanol–water partition coefficient (Wildman–Crippen LogP) is 2.65. The van der Waals surface area contributed by atoms with Gasteiger partial charge < -0.3 is 9.64 Å². The number of aromatic nitrogens is 1. The van der Waals surface area contributed by atoms with Crippen LogP contribution < -0.4 is 0 Å². The molecule has 0 aliphatic carbocycles. The second kappa shape index (κ2) is 6.91. The van der Waals surface area contributed by atoms with E-state index < -0.39 is 0 Å². The van der Waals surface area contributed by atoms with Crippen molar-refractivity contribution in [2.24, 2.45) is 0 Å².